The predicted molar refractivity (Wildman–Crippen MR) is 73.0 cm³/mol. The highest BCUT2D eigenvalue weighted by molar-refractivity contribution is 5.35. The molecule has 19 heavy (non-hydrogen) atoms. The van der Waals surface area contributed by atoms with Gasteiger partial charge in [0.2, 0.25) is 0 Å². The number of fused-ring (bicyclic) bond motifs is 1. The van der Waals surface area contributed by atoms with Gasteiger partial charge in [-0.15, -0.1) is 5.10 Å². The molecular weight excluding hydrogens is 238 g/mol. The van der Waals surface area contributed by atoms with Gasteiger partial charge in [0.05, 0.1) is 12.2 Å². The summed E-state index contributed by atoms with van der Waals surface area (Å²) >= 11 is 0. The predicted octanol–water partition coefficient (Wildman–Crippen LogP) is 1.74. The Kier molecular flexibility index (Phi) is 3.60. The van der Waals surface area contributed by atoms with Gasteiger partial charge in [-0.3, -0.25) is 0 Å². The van der Waals surface area contributed by atoms with Crippen LogP contribution in [0.15, 0.2) is 24.4 Å². The van der Waals surface area contributed by atoms with Crippen molar-refractivity contribution in [3.63, 3.8) is 0 Å². The third-order valence-corrected chi connectivity index (χ3v) is 3.68. The van der Waals surface area contributed by atoms with Crippen LogP contribution in [0.3, 0.4) is 0 Å². The van der Waals surface area contributed by atoms with Crippen LogP contribution in [-0.2, 0) is 25.8 Å². The summed E-state index contributed by atoms with van der Waals surface area (Å²) in [4.78, 5) is 0. The van der Waals surface area contributed by atoms with Crippen molar-refractivity contribution in [2.24, 2.45) is 0 Å². The molecule has 1 aliphatic carbocycles. The lowest BCUT2D eigenvalue weighted by atomic mass is 10.1. The van der Waals surface area contributed by atoms with Crippen molar-refractivity contribution in [1.82, 2.24) is 15.0 Å². The molecule has 0 saturated carbocycles. The van der Waals surface area contributed by atoms with Crippen molar-refractivity contribution in [3.8, 4) is 0 Å². The topological polar surface area (TPSA) is 50.9 Å². The molecule has 1 aromatic heterocycles. The van der Waals surface area contributed by atoms with Crippen molar-refractivity contribution in [2.45, 2.75) is 38.6 Å². The number of hydrogen-bond donors (Lipinski definition) is 1. The maximum Gasteiger partial charge on any atom is 0.0828 e. The second-order valence-electron chi connectivity index (χ2n) is 5.19. The molecular formula is C15H19N3O. The Bertz CT molecular complexity index is 562. The van der Waals surface area contributed by atoms with Crippen LogP contribution in [0.4, 0.5) is 0 Å². The van der Waals surface area contributed by atoms with E-state index in [4.69, 9.17) is 5.11 Å². The highest BCUT2D eigenvalue weighted by Crippen LogP contribution is 2.23. The molecule has 0 saturated heterocycles. The summed E-state index contributed by atoms with van der Waals surface area (Å²) in [5.74, 6) is 0. The summed E-state index contributed by atoms with van der Waals surface area (Å²) < 4.78 is 1.88. The van der Waals surface area contributed by atoms with E-state index in [1.165, 1.54) is 36.0 Å². The first-order valence-corrected chi connectivity index (χ1v) is 6.96. The van der Waals surface area contributed by atoms with Gasteiger partial charge in [0.25, 0.3) is 0 Å². The standard InChI is InChI=1S/C15H19N3O/c19-8-2-5-15-11-18(17-16-15)10-12-6-7-13-3-1-4-14(13)9-12/h6-7,9,11,19H,1-5,8,10H2. The van der Waals surface area contributed by atoms with Gasteiger partial charge in [0.1, 0.15) is 0 Å². The Morgan fingerprint density at radius 2 is 2.11 bits per heavy atom. The van der Waals surface area contributed by atoms with Crippen LogP contribution >= 0.6 is 0 Å². The minimum absolute atomic E-state index is 0.206. The number of hydrogen-bond acceptors (Lipinski definition) is 3. The van der Waals surface area contributed by atoms with Crippen molar-refractivity contribution in [1.29, 1.82) is 0 Å². The summed E-state index contributed by atoms with van der Waals surface area (Å²) in [7, 11) is 0. The molecule has 1 aromatic carbocycles. The molecule has 0 spiro atoms. The molecule has 2 aromatic rings. The Hall–Kier alpha value is -1.68. The van der Waals surface area contributed by atoms with Gasteiger partial charge in [-0.05, 0) is 48.8 Å². The average molecular weight is 257 g/mol. The number of aliphatic hydroxyl groups is 1. The highest BCUT2D eigenvalue weighted by Gasteiger charge is 2.11. The lowest BCUT2D eigenvalue weighted by Crippen LogP contribution is -2.01. The number of benzene rings is 1. The highest BCUT2D eigenvalue weighted by atomic mass is 16.2. The Morgan fingerprint density at radius 3 is 3.00 bits per heavy atom. The molecule has 0 amide bonds. The van der Waals surface area contributed by atoms with Crippen LogP contribution < -0.4 is 0 Å². The number of aromatic nitrogens is 3. The molecule has 1 aliphatic rings. The minimum atomic E-state index is 0.206. The number of aryl methyl sites for hydroxylation is 3. The molecule has 4 heteroatoms. The van der Waals surface area contributed by atoms with Crippen molar-refractivity contribution >= 4 is 0 Å². The molecule has 0 unspecified atom stereocenters. The second kappa shape index (κ2) is 5.53. The van der Waals surface area contributed by atoms with Crippen molar-refractivity contribution in [3.05, 3.63) is 46.8 Å². The molecule has 0 bridgehead atoms. The zero-order valence-electron chi connectivity index (χ0n) is 11.0. The summed E-state index contributed by atoms with van der Waals surface area (Å²) in [6.07, 6.45) is 7.24. The molecule has 0 radical (unpaired) electrons. The zero-order valence-corrected chi connectivity index (χ0v) is 11.0. The summed E-state index contributed by atoms with van der Waals surface area (Å²) in [6.45, 7) is 0.983. The van der Waals surface area contributed by atoms with Crippen LogP contribution in [0, 0.1) is 0 Å². The fraction of sp³-hybridized carbons (Fsp3) is 0.467. The minimum Gasteiger partial charge on any atom is -0.396 e. The van der Waals surface area contributed by atoms with Crippen LogP contribution in [0.5, 0.6) is 0 Å². The third kappa shape index (κ3) is 2.84. The van der Waals surface area contributed by atoms with Gasteiger partial charge >= 0.3 is 0 Å². The Morgan fingerprint density at radius 1 is 1.21 bits per heavy atom. The van der Waals surface area contributed by atoms with Gasteiger partial charge in [-0.2, -0.15) is 0 Å². The number of rotatable bonds is 5. The first kappa shape index (κ1) is 12.4. The first-order valence-electron chi connectivity index (χ1n) is 6.96. The normalized spacial score (nSPS) is 13.7. The van der Waals surface area contributed by atoms with Crippen LogP contribution in [0.1, 0.15) is 35.2 Å². The number of nitrogens with zero attached hydrogens (tertiary/aromatic N) is 3. The van der Waals surface area contributed by atoms with E-state index in [2.05, 4.69) is 28.5 Å². The quantitative estimate of drug-likeness (QED) is 0.887. The average Bonchev–Trinajstić information content (AvgIpc) is 3.05. The third-order valence-electron chi connectivity index (χ3n) is 3.68. The van der Waals surface area contributed by atoms with Gasteiger partial charge in [0, 0.05) is 12.8 Å². The monoisotopic (exact) mass is 257 g/mol. The Balaban J connectivity index is 1.69. The fourth-order valence-electron chi connectivity index (χ4n) is 2.70. The maximum absolute atomic E-state index is 8.80. The molecule has 1 N–H and O–H groups in total. The van der Waals surface area contributed by atoms with Crippen molar-refractivity contribution < 1.29 is 5.11 Å². The SMILES string of the molecule is OCCCc1cn(Cc2ccc3c(c2)CCC3)nn1. The van der Waals surface area contributed by atoms with E-state index in [1.54, 1.807) is 0 Å². The van der Waals surface area contributed by atoms with E-state index in [9.17, 15) is 0 Å². The second-order valence-corrected chi connectivity index (χ2v) is 5.19. The largest absolute Gasteiger partial charge is 0.396 e. The number of aliphatic hydroxyl groups excluding tert-OH is 1. The van der Waals surface area contributed by atoms with E-state index in [0.717, 1.165) is 25.1 Å². The van der Waals surface area contributed by atoms with E-state index in [0.29, 0.717) is 0 Å². The van der Waals surface area contributed by atoms with Crippen LogP contribution in [-0.4, -0.2) is 26.7 Å². The molecule has 100 valence electrons. The van der Waals surface area contributed by atoms with E-state index in [1.807, 2.05) is 10.9 Å². The molecule has 4 nitrogen and oxygen atoms in total. The molecule has 0 atom stereocenters. The van der Waals surface area contributed by atoms with Gasteiger partial charge in [-0.25, -0.2) is 4.68 Å². The molecule has 0 fully saturated rings. The van der Waals surface area contributed by atoms with Crippen LogP contribution in [0.25, 0.3) is 0 Å². The fourth-order valence-corrected chi connectivity index (χ4v) is 2.70. The van der Waals surface area contributed by atoms with Gasteiger partial charge in [0.15, 0.2) is 0 Å². The maximum atomic E-state index is 8.80. The summed E-state index contributed by atoms with van der Waals surface area (Å²) in [5.41, 5.74) is 5.25. The van der Waals surface area contributed by atoms with E-state index < -0.39 is 0 Å². The lowest BCUT2D eigenvalue weighted by Gasteiger charge is -2.04. The van der Waals surface area contributed by atoms with E-state index >= 15 is 0 Å². The lowest BCUT2D eigenvalue weighted by molar-refractivity contribution is 0.288. The zero-order chi connectivity index (χ0) is 13.1. The smallest absolute Gasteiger partial charge is 0.0828 e. The van der Waals surface area contributed by atoms with Crippen molar-refractivity contribution in [2.75, 3.05) is 6.61 Å². The van der Waals surface area contributed by atoms with Gasteiger partial charge in [-0.1, -0.05) is 23.4 Å². The van der Waals surface area contributed by atoms with E-state index in [-0.39, 0.29) is 6.61 Å². The first-order chi connectivity index (χ1) is 9.35. The summed E-state index contributed by atoms with van der Waals surface area (Å²) in [5, 5.41) is 17.1. The van der Waals surface area contributed by atoms with Gasteiger partial charge < -0.3 is 5.11 Å². The summed E-state index contributed by atoms with van der Waals surface area (Å²) in [6, 6.07) is 6.75. The molecule has 3 rings (SSSR count). The molecule has 0 aliphatic heterocycles. The Labute approximate surface area is 113 Å². The van der Waals surface area contributed by atoms with Crippen LogP contribution in [0.2, 0.25) is 0 Å². The molecule has 1 heterocycles.